The lowest BCUT2D eigenvalue weighted by molar-refractivity contribution is -0.126. The number of carbonyl (C=O) groups excluding carboxylic acids is 1. The average molecular weight is 398 g/mol. The lowest BCUT2D eigenvalue weighted by Crippen LogP contribution is -2.45. The lowest BCUT2D eigenvalue weighted by atomic mass is 9.99. The molecule has 1 saturated heterocycles. The predicted molar refractivity (Wildman–Crippen MR) is 98.4 cm³/mol. The average Bonchev–Trinajstić information content (AvgIpc) is 3.18. The van der Waals surface area contributed by atoms with Crippen LogP contribution in [0.25, 0.3) is 0 Å². The van der Waals surface area contributed by atoms with Crippen molar-refractivity contribution in [1.29, 1.82) is 0 Å². The van der Waals surface area contributed by atoms with Crippen LogP contribution in [0.15, 0.2) is 21.6 Å². The molecular formula is C17H23N3O4S2. The van der Waals surface area contributed by atoms with Crippen molar-refractivity contribution in [3.63, 3.8) is 0 Å². The number of aryl methyl sites for hydroxylation is 3. The fraction of sp³-hybridized carbons (Fsp3) is 0.529. The van der Waals surface area contributed by atoms with Gasteiger partial charge in [-0.05, 0) is 45.7 Å². The summed E-state index contributed by atoms with van der Waals surface area (Å²) in [6.45, 7) is 6.28. The molecule has 0 saturated carbocycles. The van der Waals surface area contributed by atoms with E-state index in [0.717, 1.165) is 4.88 Å². The molecule has 2 aromatic rings. The normalized spacial score (nSPS) is 18.8. The quantitative estimate of drug-likeness (QED) is 0.836. The zero-order chi connectivity index (χ0) is 18.9. The van der Waals surface area contributed by atoms with E-state index in [0.29, 0.717) is 31.6 Å². The summed E-state index contributed by atoms with van der Waals surface area (Å²) in [6, 6.07) is 4.01. The number of thiophene rings is 1. The molecule has 0 aliphatic carbocycles. The number of amides is 1. The summed E-state index contributed by atoms with van der Waals surface area (Å²) in [7, 11) is -3.71. The highest BCUT2D eigenvalue weighted by atomic mass is 32.2. The third-order valence-corrected chi connectivity index (χ3v) is 7.66. The second-order valence-electron chi connectivity index (χ2n) is 6.59. The molecule has 1 N–H and O–H groups in total. The van der Waals surface area contributed by atoms with Crippen molar-refractivity contribution in [3.05, 3.63) is 33.3 Å². The molecule has 7 nitrogen and oxygen atoms in total. The van der Waals surface area contributed by atoms with E-state index in [1.165, 1.54) is 9.18 Å². The largest absolute Gasteiger partial charge is 0.360 e. The third-order valence-electron chi connectivity index (χ3n) is 4.55. The summed E-state index contributed by atoms with van der Waals surface area (Å²) >= 11 is 1.64. The van der Waals surface area contributed by atoms with Gasteiger partial charge in [0.2, 0.25) is 15.9 Å². The maximum Gasteiger partial charge on any atom is 0.248 e. The van der Waals surface area contributed by atoms with Crippen LogP contribution in [0.1, 0.15) is 34.1 Å². The summed E-state index contributed by atoms with van der Waals surface area (Å²) in [4.78, 5) is 14.9. The minimum Gasteiger partial charge on any atom is -0.360 e. The van der Waals surface area contributed by atoms with Crippen LogP contribution in [0.2, 0.25) is 0 Å². The molecular weight excluding hydrogens is 374 g/mol. The molecule has 2 aromatic heterocycles. The molecule has 1 unspecified atom stereocenters. The second kappa shape index (κ2) is 7.50. The molecule has 3 heterocycles. The fourth-order valence-corrected chi connectivity index (χ4v) is 5.89. The Bertz CT molecular complexity index is 882. The molecule has 1 aliphatic rings. The molecule has 0 aromatic carbocycles. The maximum absolute atomic E-state index is 12.9. The number of sulfonamides is 1. The summed E-state index contributed by atoms with van der Waals surface area (Å²) < 4.78 is 32.3. The van der Waals surface area contributed by atoms with Crippen LogP contribution in [-0.2, 0) is 21.4 Å². The second-order valence-corrected chi connectivity index (χ2v) is 9.83. The van der Waals surface area contributed by atoms with Crippen LogP contribution >= 0.6 is 11.3 Å². The highest BCUT2D eigenvalue weighted by Crippen LogP contribution is 2.27. The lowest BCUT2D eigenvalue weighted by Gasteiger charge is -2.31. The number of nitrogens with one attached hydrogen (secondary N) is 1. The van der Waals surface area contributed by atoms with Gasteiger partial charge in [-0.3, -0.25) is 4.79 Å². The highest BCUT2D eigenvalue weighted by Gasteiger charge is 2.36. The van der Waals surface area contributed by atoms with E-state index in [1.54, 1.807) is 25.2 Å². The zero-order valence-corrected chi connectivity index (χ0v) is 16.7. The molecule has 3 rings (SSSR count). The van der Waals surface area contributed by atoms with Crippen LogP contribution in [-0.4, -0.2) is 36.9 Å². The molecule has 9 heteroatoms. The van der Waals surface area contributed by atoms with Gasteiger partial charge >= 0.3 is 0 Å². The predicted octanol–water partition coefficient (Wildman–Crippen LogP) is 2.38. The fourth-order valence-electron chi connectivity index (χ4n) is 3.25. The summed E-state index contributed by atoms with van der Waals surface area (Å²) in [5.74, 6) is -0.170. The first-order valence-electron chi connectivity index (χ1n) is 8.55. The van der Waals surface area contributed by atoms with E-state index >= 15 is 0 Å². The number of nitrogens with zero attached hydrogens (tertiary/aromatic N) is 2. The molecule has 0 bridgehead atoms. The Balaban J connectivity index is 1.68. The Morgan fingerprint density at radius 2 is 2.15 bits per heavy atom. The number of piperidine rings is 1. The number of hydrogen-bond acceptors (Lipinski definition) is 6. The van der Waals surface area contributed by atoms with E-state index in [-0.39, 0.29) is 29.0 Å². The van der Waals surface area contributed by atoms with Gasteiger partial charge in [0, 0.05) is 22.8 Å². The Kier molecular flexibility index (Phi) is 5.50. The first kappa shape index (κ1) is 19.1. The molecule has 1 fully saturated rings. The van der Waals surface area contributed by atoms with Crippen LogP contribution < -0.4 is 5.32 Å². The van der Waals surface area contributed by atoms with Gasteiger partial charge in [-0.2, -0.15) is 4.31 Å². The van der Waals surface area contributed by atoms with Gasteiger partial charge in [0.25, 0.3) is 0 Å². The number of carbonyl (C=O) groups is 1. The number of aromatic nitrogens is 1. The van der Waals surface area contributed by atoms with E-state index < -0.39 is 10.0 Å². The van der Waals surface area contributed by atoms with Gasteiger partial charge in [-0.15, -0.1) is 11.3 Å². The van der Waals surface area contributed by atoms with Gasteiger partial charge < -0.3 is 9.84 Å². The van der Waals surface area contributed by atoms with Crippen LogP contribution in [0.5, 0.6) is 0 Å². The van der Waals surface area contributed by atoms with E-state index in [9.17, 15) is 13.2 Å². The zero-order valence-electron chi connectivity index (χ0n) is 15.1. The van der Waals surface area contributed by atoms with Crippen LogP contribution in [0.4, 0.5) is 0 Å². The van der Waals surface area contributed by atoms with Crippen molar-refractivity contribution in [2.75, 3.05) is 13.1 Å². The summed E-state index contributed by atoms with van der Waals surface area (Å²) in [6.07, 6.45) is 1.34. The van der Waals surface area contributed by atoms with Crippen molar-refractivity contribution in [3.8, 4) is 0 Å². The van der Waals surface area contributed by atoms with Gasteiger partial charge in [-0.25, -0.2) is 8.42 Å². The third kappa shape index (κ3) is 3.84. The Morgan fingerprint density at radius 3 is 2.77 bits per heavy atom. The van der Waals surface area contributed by atoms with Crippen molar-refractivity contribution < 1.29 is 17.7 Å². The van der Waals surface area contributed by atoms with Crippen molar-refractivity contribution in [2.24, 2.45) is 5.92 Å². The van der Waals surface area contributed by atoms with Gasteiger partial charge in [0.05, 0.1) is 12.5 Å². The van der Waals surface area contributed by atoms with Crippen molar-refractivity contribution in [2.45, 2.75) is 45.1 Å². The topological polar surface area (TPSA) is 92.5 Å². The number of hydrogen-bond donors (Lipinski definition) is 1. The van der Waals surface area contributed by atoms with Crippen molar-refractivity contribution in [1.82, 2.24) is 14.8 Å². The highest BCUT2D eigenvalue weighted by molar-refractivity contribution is 7.89. The first-order valence-corrected chi connectivity index (χ1v) is 10.8. The molecule has 26 heavy (non-hydrogen) atoms. The van der Waals surface area contributed by atoms with Crippen LogP contribution in [0, 0.1) is 26.7 Å². The molecule has 0 spiro atoms. The monoisotopic (exact) mass is 397 g/mol. The van der Waals surface area contributed by atoms with Gasteiger partial charge in [-0.1, -0.05) is 5.16 Å². The molecule has 0 radical (unpaired) electrons. The van der Waals surface area contributed by atoms with E-state index in [2.05, 4.69) is 10.5 Å². The Hall–Kier alpha value is -1.71. The Labute approximate surface area is 157 Å². The maximum atomic E-state index is 12.9. The molecule has 1 aliphatic heterocycles. The minimum absolute atomic E-state index is 0.102. The van der Waals surface area contributed by atoms with E-state index in [1.807, 2.05) is 19.1 Å². The van der Waals surface area contributed by atoms with Gasteiger partial charge in [0.1, 0.15) is 10.6 Å². The SMILES string of the molecule is Cc1ccc(CNC(=O)C2CCCN(S(=O)(=O)c3c(C)noc3C)C2)s1. The molecule has 1 atom stereocenters. The molecule has 1 amide bonds. The molecule has 142 valence electrons. The van der Waals surface area contributed by atoms with Gasteiger partial charge in [0.15, 0.2) is 5.76 Å². The van der Waals surface area contributed by atoms with E-state index in [4.69, 9.17) is 4.52 Å². The Morgan fingerprint density at radius 1 is 1.38 bits per heavy atom. The van der Waals surface area contributed by atoms with Crippen LogP contribution in [0.3, 0.4) is 0 Å². The standard InChI is InChI=1S/C17H23N3O4S2/c1-11-6-7-15(25-11)9-18-17(21)14-5-4-8-20(10-14)26(22,23)16-12(2)19-24-13(16)3/h6-7,14H,4-5,8-10H2,1-3H3,(H,18,21). The summed E-state index contributed by atoms with van der Waals surface area (Å²) in [5, 5.41) is 6.67. The summed E-state index contributed by atoms with van der Waals surface area (Å²) in [5.41, 5.74) is 0.349. The smallest absolute Gasteiger partial charge is 0.248 e. The van der Waals surface area contributed by atoms with Crippen molar-refractivity contribution >= 4 is 27.3 Å². The number of rotatable bonds is 5. The minimum atomic E-state index is -3.71. The first-order chi connectivity index (χ1) is 12.3.